The molecule has 0 unspecified atom stereocenters. The van der Waals surface area contributed by atoms with Crippen molar-refractivity contribution >= 4 is 10.0 Å². The molecule has 5 nitrogen and oxygen atoms in total. The van der Waals surface area contributed by atoms with Crippen LogP contribution < -0.4 is 0 Å². The molecule has 1 aromatic rings. The zero-order valence-corrected chi connectivity index (χ0v) is 13.7. The molecule has 1 N–H and O–H groups in total. The standard InChI is InChI=1S/C14H26N2O3S/c1-5-12(6-2)9-16(7-3)20(18,19)14-8-13(11-17)15(4)10-14/h8,10,12,17H,5-7,9,11H2,1-4H3. The van der Waals surface area contributed by atoms with Crippen molar-refractivity contribution in [2.24, 2.45) is 13.0 Å². The lowest BCUT2D eigenvalue weighted by atomic mass is 10.0. The van der Waals surface area contributed by atoms with Crippen molar-refractivity contribution < 1.29 is 13.5 Å². The van der Waals surface area contributed by atoms with Gasteiger partial charge in [0.15, 0.2) is 0 Å². The third-order valence-electron chi connectivity index (χ3n) is 3.85. The molecular weight excluding hydrogens is 276 g/mol. The summed E-state index contributed by atoms with van der Waals surface area (Å²) in [5.41, 5.74) is 0.599. The second-order valence-electron chi connectivity index (χ2n) is 5.07. The highest BCUT2D eigenvalue weighted by atomic mass is 32.2. The van der Waals surface area contributed by atoms with Gasteiger partial charge in [-0.15, -0.1) is 0 Å². The third kappa shape index (κ3) is 3.62. The number of hydrogen-bond acceptors (Lipinski definition) is 3. The van der Waals surface area contributed by atoms with E-state index in [2.05, 4.69) is 13.8 Å². The third-order valence-corrected chi connectivity index (χ3v) is 5.76. The van der Waals surface area contributed by atoms with Crippen LogP contribution in [0.1, 0.15) is 39.3 Å². The van der Waals surface area contributed by atoms with Crippen LogP contribution in [0, 0.1) is 5.92 Å². The van der Waals surface area contributed by atoms with Crippen LogP contribution >= 0.6 is 0 Å². The van der Waals surface area contributed by atoms with Gasteiger partial charge in [-0.1, -0.05) is 33.6 Å². The number of aliphatic hydroxyl groups excluding tert-OH is 1. The lowest BCUT2D eigenvalue weighted by Gasteiger charge is -2.24. The average Bonchev–Trinajstić information content (AvgIpc) is 2.82. The summed E-state index contributed by atoms with van der Waals surface area (Å²) in [5, 5.41) is 9.19. The van der Waals surface area contributed by atoms with E-state index in [1.54, 1.807) is 23.9 Å². The van der Waals surface area contributed by atoms with Crippen molar-refractivity contribution in [1.29, 1.82) is 0 Å². The summed E-state index contributed by atoms with van der Waals surface area (Å²) in [6.45, 7) is 6.87. The number of sulfonamides is 1. The topological polar surface area (TPSA) is 62.5 Å². The maximum atomic E-state index is 12.6. The number of nitrogens with zero attached hydrogens (tertiary/aromatic N) is 2. The first-order valence-corrected chi connectivity index (χ1v) is 8.60. The molecule has 0 aliphatic carbocycles. The zero-order chi connectivity index (χ0) is 15.3. The van der Waals surface area contributed by atoms with Gasteiger partial charge >= 0.3 is 0 Å². The van der Waals surface area contributed by atoms with Gasteiger partial charge in [-0.3, -0.25) is 0 Å². The van der Waals surface area contributed by atoms with Crippen LogP contribution in [0.2, 0.25) is 0 Å². The Balaban J connectivity index is 3.05. The predicted molar refractivity (Wildman–Crippen MR) is 79.8 cm³/mol. The first-order chi connectivity index (χ1) is 9.40. The molecule has 20 heavy (non-hydrogen) atoms. The van der Waals surface area contributed by atoms with Gasteiger partial charge in [0.1, 0.15) is 4.90 Å². The van der Waals surface area contributed by atoms with E-state index in [0.29, 0.717) is 24.7 Å². The summed E-state index contributed by atoms with van der Waals surface area (Å²) in [6, 6.07) is 1.55. The molecule has 0 atom stereocenters. The van der Waals surface area contributed by atoms with Crippen LogP contribution in [0.25, 0.3) is 0 Å². The first kappa shape index (κ1) is 17.2. The minimum atomic E-state index is -3.48. The maximum Gasteiger partial charge on any atom is 0.244 e. The number of aliphatic hydroxyl groups is 1. The minimum absolute atomic E-state index is 0.162. The Morgan fingerprint density at radius 2 is 1.90 bits per heavy atom. The molecule has 116 valence electrons. The smallest absolute Gasteiger partial charge is 0.244 e. The molecule has 1 rings (SSSR count). The molecule has 0 bridgehead atoms. The van der Waals surface area contributed by atoms with Crippen LogP contribution in [0.5, 0.6) is 0 Å². The molecule has 0 aliphatic rings. The average molecular weight is 302 g/mol. The summed E-state index contributed by atoms with van der Waals surface area (Å²) in [4.78, 5) is 0.261. The molecular formula is C14H26N2O3S. The maximum absolute atomic E-state index is 12.6. The minimum Gasteiger partial charge on any atom is -0.390 e. The Kier molecular flexibility index (Phi) is 6.23. The van der Waals surface area contributed by atoms with Crippen molar-refractivity contribution in [1.82, 2.24) is 8.87 Å². The highest BCUT2D eigenvalue weighted by molar-refractivity contribution is 7.89. The molecule has 0 amide bonds. The molecule has 6 heteroatoms. The van der Waals surface area contributed by atoms with Crippen molar-refractivity contribution in [2.75, 3.05) is 13.1 Å². The fraction of sp³-hybridized carbons (Fsp3) is 0.714. The Morgan fingerprint density at radius 3 is 2.30 bits per heavy atom. The Hall–Kier alpha value is -0.850. The summed E-state index contributed by atoms with van der Waals surface area (Å²) in [5.74, 6) is 0.380. The first-order valence-electron chi connectivity index (χ1n) is 7.16. The molecule has 0 spiro atoms. The Bertz CT molecular complexity index is 519. The van der Waals surface area contributed by atoms with Crippen molar-refractivity contribution in [3.63, 3.8) is 0 Å². The number of rotatable bonds is 8. The van der Waals surface area contributed by atoms with E-state index in [0.717, 1.165) is 12.8 Å². The van der Waals surface area contributed by atoms with Crippen LogP contribution in [0.4, 0.5) is 0 Å². The number of aryl methyl sites for hydroxylation is 1. The Morgan fingerprint density at radius 1 is 1.30 bits per heavy atom. The summed E-state index contributed by atoms with van der Waals surface area (Å²) < 4.78 is 28.5. The molecule has 0 saturated heterocycles. The van der Waals surface area contributed by atoms with Crippen LogP contribution in [0.15, 0.2) is 17.2 Å². The Labute approximate surface area is 122 Å². The van der Waals surface area contributed by atoms with Gasteiger partial charge in [-0.2, -0.15) is 4.31 Å². The van der Waals surface area contributed by atoms with E-state index in [4.69, 9.17) is 0 Å². The fourth-order valence-electron chi connectivity index (χ4n) is 2.26. The number of hydrogen-bond donors (Lipinski definition) is 1. The van der Waals surface area contributed by atoms with E-state index >= 15 is 0 Å². The fourth-order valence-corrected chi connectivity index (χ4v) is 3.88. The van der Waals surface area contributed by atoms with Crippen LogP contribution in [0.3, 0.4) is 0 Å². The quantitative estimate of drug-likeness (QED) is 0.798. The molecule has 0 aliphatic heterocycles. The van der Waals surface area contributed by atoms with Gasteiger partial charge in [0.25, 0.3) is 0 Å². The molecule has 0 radical (unpaired) electrons. The summed E-state index contributed by atoms with van der Waals surface area (Å²) in [7, 11) is -1.74. The zero-order valence-electron chi connectivity index (χ0n) is 12.8. The van der Waals surface area contributed by atoms with E-state index in [1.165, 1.54) is 4.31 Å². The van der Waals surface area contributed by atoms with Gasteiger partial charge in [0, 0.05) is 32.0 Å². The van der Waals surface area contributed by atoms with Crippen molar-refractivity contribution in [2.45, 2.75) is 45.1 Å². The molecule has 1 aromatic heterocycles. The van der Waals surface area contributed by atoms with E-state index in [9.17, 15) is 13.5 Å². The SMILES string of the molecule is CCC(CC)CN(CC)S(=O)(=O)c1cc(CO)n(C)c1. The largest absolute Gasteiger partial charge is 0.390 e. The highest BCUT2D eigenvalue weighted by Gasteiger charge is 2.26. The molecule has 0 aromatic carbocycles. The van der Waals surface area contributed by atoms with Gasteiger partial charge in [-0.05, 0) is 12.0 Å². The lowest BCUT2D eigenvalue weighted by Crippen LogP contribution is -2.35. The van der Waals surface area contributed by atoms with Crippen molar-refractivity contribution in [3.05, 3.63) is 18.0 Å². The van der Waals surface area contributed by atoms with Gasteiger partial charge in [0.05, 0.1) is 6.61 Å². The molecule has 0 saturated carbocycles. The van der Waals surface area contributed by atoms with E-state index in [1.807, 2.05) is 6.92 Å². The van der Waals surface area contributed by atoms with Gasteiger partial charge in [0.2, 0.25) is 10.0 Å². The van der Waals surface area contributed by atoms with E-state index < -0.39 is 10.0 Å². The molecule has 1 heterocycles. The van der Waals surface area contributed by atoms with Crippen molar-refractivity contribution in [3.8, 4) is 0 Å². The second kappa shape index (κ2) is 7.24. The summed E-state index contributed by atoms with van der Waals surface area (Å²) in [6.07, 6.45) is 3.51. The molecule has 0 fully saturated rings. The summed E-state index contributed by atoms with van der Waals surface area (Å²) >= 11 is 0. The normalized spacial score (nSPS) is 12.6. The van der Waals surface area contributed by atoms with E-state index in [-0.39, 0.29) is 11.5 Å². The van der Waals surface area contributed by atoms with Crippen LogP contribution in [-0.2, 0) is 23.7 Å². The monoisotopic (exact) mass is 302 g/mol. The number of aromatic nitrogens is 1. The predicted octanol–water partition coefficient (Wildman–Crippen LogP) is 1.96. The second-order valence-corrected chi connectivity index (χ2v) is 7.01. The van der Waals surface area contributed by atoms with Crippen LogP contribution in [-0.4, -0.2) is 35.5 Å². The lowest BCUT2D eigenvalue weighted by molar-refractivity contribution is 0.272. The van der Waals surface area contributed by atoms with Gasteiger partial charge < -0.3 is 9.67 Å². The highest BCUT2D eigenvalue weighted by Crippen LogP contribution is 2.21. The van der Waals surface area contributed by atoms with Gasteiger partial charge in [-0.25, -0.2) is 8.42 Å².